The number of carbonyl (C=O) groups excluding carboxylic acids is 1. The second-order valence-corrected chi connectivity index (χ2v) is 7.06. The normalized spacial score (nSPS) is 10.9. The number of halogens is 1. The lowest BCUT2D eigenvalue weighted by Gasteiger charge is -2.26. The summed E-state index contributed by atoms with van der Waals surface area (Å²) in [4.78, 5) is 12.2. The van der Waals surface area contributed by atoms with Crippen LogP contribution in [-0.4, -0.2) is 19.7 Å². The molecule has 0 aliphatic heterocycles. The van der Waals surface area contributed by atoms with Crippen molar-refractivity contribution in [3.63, 3.8) is 0 Å². The molecule has 0 aliphatic rings. The maximum atomic E-state index is 12.2. The minimum absolute atomic E-state index is 0.154. The number of esters is 1. The molecule has 2 aromatic carbocycles. The first-order valence-corrected chi connectivity index (χ1v) is 8.85. The minimum Gasteiger partial charge on any atom is -0.496 e. The molecule has 0 aromatic heterocycles. The van der Waals surface area contributed by atoms with Gasteiger partial charge in [0.2, 0.25) is 0 Å². The molecule has 0 unspecified atom stereocenters. The van der Waals surface area contributed by atoms with Gasteiger partial charge in [0, 0.05) is 0 Å². The summed E-state index contributed by atoms with van der Waals surface area (Å²) in [6, 6.07) is 13.1. The molecule has 0 bridgehead atoms. The van der Waals surface area contributed by atoms with Crippen molar-refractivity contribution in [2.75, 3.05) is 13.7 Å². The molecule has 0 saturated heterocycles. The molecule has 0 saturated carbocycles. The van der Waals surface area contributed by atoms with E-state index < -0.39 is 11.6 Å². The standard InChI is InChI=1S/C20H21IO4/c1-5-14-6-9-16(10-7-14)24-13-19(22)25-20(2,3)15-8-11-17(21)18(12-15)23-4/h5-12H,1,13H2,2-4H3. The zero-order chi connectivity index (χ0) is 18.4. The molecular formula is C20H21IO4. The first-order chi connectivity index (χ1) is 11.9. The highest BCUT2D eigenvalue weighted by atomic mass is 127. The fourth-order valence-electron chi connectivity index (χ4n) is 2.25. The van der Waals surface area contributed by atoms with Gasteiger partial charge in [-0.15, -0.1) is 0 Å². The zero-order valence-electron chi connectivity index (χ0n) is 14.5. The van der Waals surface area contributed by atoms with E-state index in [9.17, 15) is 4.79 Å². The van der Waals surface area contributed by atoms with Crippen LogP contribution in [0.2, 0.25) is 0 Å². The highest BCUT2D eigenvalue weighted by Gasteiger charge is 2.26. The number of hydrogen-bond acceptors (Lipinski definition) is 4. The molecule has 0 radical (unpaired) electrons. The first-order valence-electron chi connectivity index (χ1n) is 7.77. The molecule has 0 fully saturated rings. The molecule has 0 spiro atoms. The van der Waals surface area contributed by atoms with E-state index in [1.54, 1.807) is 25.3 Å². The summed E-state index contributed by atoms with van der Waals surface area (Å²) < 4.78 is 17.4. The van der Waals surface area contributed by atoms with Crippen LogP contribution in [0.5, 0.6) is 11.5 Å². The molecule has 0 amide bonds. The van der Waals surface area contributed by atoms with Crippen molar-refractivity contribution in [3.05, 3.63) is 63.7 Å². The molecule has 25 heavy (non-hydrogen) atoms. The van der Waals surface area contributed by atoms with Gasteiger partial charge in [-0.3, -0.25) is 0 Å². The van der Waals surface area contributed by atoms with E-state index in [0.717, 1.165) is 20.4 Å². The van der Waals surface area contributed by atoms with E-state index in [-0.39, 0.29) is 6.61 Å². The zero-order valence-corrected chi connectivity index (χ0v) is 16.7. The van der Waals surface area contributed by atoms with Crippen molar-refractivity contribution in [2.45, 2.75) is 19.4 Å². The number of methoxy groups -OCH3 is 1. The lowest BCUT2D eigenvalue weighted by atomic mass is 9.98. The Balaban J connectivity index is 1.99. The fourth-order valence-corrected chi connectivity index (χ4v) is 2.81. The lowest BCUT2D eigenvalue weighted by molar-refractivity contribution is -0.159. The van der Waals surface area contributed by atoms with Crippen molar-refractivity contribution in [1.82, 2.24) is 0 Å². The van der Waals surface area contributed by atoms with E-state index in [1.165, 1.54) is 0 Å². The monoisotopic (exact) mass is 452 g/mol. The van der Waals surface area contributed by atoms with Crippen LogP contribution in [0.15, 0.2) is 49.0 Å². The van der Waals surface area contributed by atoms with Crippen LogP contribution in [0.4, 0.5) is 0 Å². The van der Waals surface area contributed by atoms with Crippen molar-refractivity contribution in [2.24, 2.45) is 0 Å². The number of rotatable bonds is 7. The summed E-state index contributed by atoms with van der Waals surface area (Å²) in [6.07, 6.45) is 1.75. The number of benzene rings is 2. The fraction of sp³-hybridized carbons (Fsp3) is 0.250. The second-order valence-electron chi connectivity index (χ2n) is 5.90. The Morgan fingerprint density at radius 2 is 1.88 bits per heavy atom. The Morgan fingerprint density at radius 1 is 1.20 bits per heavy atom. The first kappa shape index (κ1) is 19.3. The van der Waals surface area contributed by atoms with Gasteiger partial charge in [-0.25, -0.2) is 4.79 Å². The summed E-state index contributed by atoms with van der Waals surface area (Å²) in [5, 5.41) is 0. The van der Waals surface area contributed by atoms with Crippen LogP contribution in [0, 0.1) is 3.57 Å². The Kier molecular flexibility index (Phi) is 6.47. The van der Waals surface area contributed by atoms with Crippen molar-refractivity contribution in [1.29, 1.82) is 0 Å². The highest BCUT2D eigenvalue weighted by Crippen LogP contribution is 2.30. The van der Waals surface area contributed by atoms with Gasteiger partial charge in [0.25, 0.3) is 0 Å². The summed E-state index contributed by atoms with van der Waals surface area (Å²) in [6.45, 7) is 7.22. The largest absolute Gasteiger partial charge is 0.496 e. The molecule has 0 atom stereocenters. The van der Waals surface area contributed by atoms with Crippen LogP contribution < -0.4 is 9.47 Å². The number of carbonyl (C=O) groups is 1. The molecule has 4 nitrogen and oxygen atoms in total. The second kappa shape index (κ2) is 8.38. The highest BCUT2D eigenvalue weighted by molar-refractivity contribution is 14.1. The predicted molar refractivity (Wildman–Crippen MR) is 107 cm³/mol. The SMILES string of the molecule is C=Cc1ccc(OCC(=O)OC(C)(C)c2ccc(I)c(OC)c2)cc1. The number of ether oxygens (including phenoxy) is 3. The van der Waals surface area contributed by atoms with Crippen LogP contribution in [0.3, 0.4) is 0 Å². The van der Waals surface area contributed by atoms with Crippen molar-refractivity contribution >= 4 is 34.6 Å². The van der Waals surface area contributed by atoms with E-state index in [0.29, 0.717) is 5.75 Å². The average Bonchev–Trinajstić information content (AvgIpc) is 2.60. The summed E-state index contributed by atoms with van der Waals surface area (Å²) in [5.74, 6) is 0.924. The molecular weight excluding hydrogens is 431 g/mol. The van der Waals surface area contributed by atoms with E-state index in [4.69, 9.17) is 14.2 Å². The van der Waals surface area contributed by atoms with Gasteiger partial charge in [-0.05, 0) is 71.8 Å². The Hall–Kier alpha value is -2.02. The van der Waals surface area contributed by atoms with Crippen LogP contribution >= 0.6 is 22.6 Å². The topological polar surface area (TPSA) is 44.8 Å². The molecule has 0 heterocycles. The lowest BCUT2D eigenvalue weighted by Crippen LogP contribution is -2.28. The Labute approximate surface area is 161 Å². The van der Waals surface area contributed by atoms with Gasteiger partial charge >= 0.3 is 5.97 Å². The minimum atomic E-state index is -0.787. The van der Waals surface area contributed by atoms with Gasteiger partial charge in [0.15, 0.2) is 6.61 Å². The maximum Gasteiger partial charge on any atom is 0.345 e. The van der Waals surface area contributed by atoms with Gasteiger partial charge < -0.3 is 14.2 Å². The number of hydrogen-bond donors (Lipinski definition) is 0. The van der Waals surface area contributed by atoms with Gasteiger partial charge in [-0.1, -0.05) is 30.9 Å². The third-order valence-electron chi connectivity index (χ3n) is 3.69. The van der Waals surface area contributed by atoms with Gasteiger partial charge in [0.1, 0.15) is 17.1 Å². The van der Waals surface area contributed by atoms with Gasteiger partial charge in [0.05, 0.1) is 10.7 Å². The summed E-state index contributed by atoms with van der Waals surface area (Å²) >= 11 is 2.20. The molecule has 0 aliphatic carbocycles. The maximum absolute atomic E-state index is 12.2. The molecule has 0 N–H and O–H groups in total. The van der Waals surface area contributed by atoms with Crippen molar-refractivity contribution < 1.29 is 19.0 Å². The van der Waals surface area contributed by atoms with E-state index in [2.05, 4.69) is 29.2 Å². The molecule has 2 aromatic rings. The third-order valence-corrected chi connectivity index (χ3v) is 4.58. The van der Waals surface area contributed by atoms with Gasteiger partial charge in [-0.2, -0.15) is 0 Å². The van der Waals surface area contributed by atoms with Crippen molar-refractivity contribution in [3.8, 4) is 11.5 Å². The van der Waals surface area contributed by atoms with Crippen LogP contribution in [0.25, 0.3) is 6.08 Å². The molecule has 2 rings (SSSR count). The van der Waals surface area contributed by atoms with Crippen LogP contribution in [-0.2, 0) is 15.1 Å². The average molecular weight is 452 g/mol. The predicted octanol–water partition coefficient (Wildman–Crippen LogP) is 4.80. The smallest absolute Gasteiger partial charge is 0.345 e. The molecule has 132 valence electrons. The molecule has 5 heteroatoms. The third kappa shape index (κ3) is 5.22. The summed E-state index contributed by atoms with van der Waals surface area (Å²) in [7, 11) is 1.62. The van der Waals surface area contributed by atoms with E-state index in [1.807, 2.05) is 44.2 Å². The van der Waals surface area contributed by atoms with E-state index >= 15 is 0 Å². The quantitative estimate of drug-likeness (QED) is 0.447. The van der Waals surface area contributed by atoms with Crippen LogP contribution in [0.1, 0.15) is 25.0 Å². The Bertz CT molecular complexity index is 751. The summed E-state index contributed by atoms with van der Waals surface area (Å²) in [5.41, 5.74) is 1.06. The Morgan fingerprint density at radius 3 is 2.48 bits per heavy atom.